The molecule has 0 aliphatic heterocycles. The van der Waals surface area contributed by atoms with Crippen LogP contribution in [0, 0.1) is 5.41 Å². The summed E-state index contributed by atoms with van der Waals surface area (Å²) in [6.07, 6.45) is 4.24. The van der Waals surface area contributed by atoms with Crippen LogP contribution in [0.3, 0.4) is 0 Å². The van der Waals surface area contributed by atoms with Crippen LogP contribution in [0.1, 0.15) is 60.8 Å². The van der Waals surface area contributed by atoms with E-state index >= 15 is 0 Å². The van der Waals surface area contributed by atoms with Gasteiger partial charge in [-0.1, -0.05) is 55.0 Å². The van der Waals surface area contributed by atoms with Crippen molar-refractivity contribution in [2.24, 2.45) is 5.41 Å². The number of benzene rings is 1. The Balaban J connectivity index is 3.56. The van der Waals surface area contributed by atoms with Crippen LogP contribution < -0.4 is 4.90 Å². The van der Waals surface area contributed by atoms with Crippen LogP contribution in [-0.4, -0.2) is 45.6 Å². The van der Waals surface area contributed by atoms with Crippen molar-refractivity contribution in [1.82, 2.24) is 0 Å². The topological polar surface area (TPSA) is 37.4 Å². The van der Waals surface area contributed by atoms with E-state index in [1.54, 1.807) is 30.3 Å². The van der Waals surface area contributed by atoms with Crippen molar-refractivity contribution in [2.45, 2.75) is 77.5 Å². The number of alkyl halides is 2. The second kappa shape index (κ2) is 8.09. The van der Waals surface area contributed by atoms with Crippen LogP contribution in [0.2, 0.25) is 0 Å². The van der Waals surface area contributed by atoms with Crippen molar-refractivity contribution in [2.75, 3.05) is 23.7 Å². The molecule has 1 amide bonds. The van der Waals surface area contributed by atoms with E-state index in [0.29, 0.717) is 24.9 Å². The molecule has 0 atom stereocenters. The summed E-state index contributed by atoms with van der Waals surface area (Å²) >= 11 is 0. The molecule has 0 spiro atoms. The van der Waals surface area contributed by atoms with Gasteiger partial charge in [-0.3, -0.25) is 9.00 Å². The average Bonchev–Trinajstić information content (AvgIpc) is 2.53. The first-order valence-corrected chi connectivity index (χ1v) is 13.4. The summed E-state index contributed by atoms with van der Waals surface area (Å²) in [5, 5.41) is 0. The maximum Gasteiger partial charge on any atom is 0.316 e. The number of carbonyl (C=O) groups is 1. The second-order valence-corrected chi connectivity index (χ2v) is 15.9. The molecule has 1 aromatic carbocycles. The highest BCUT2D eigenvalue weighted by Gasteiger charge is 2.56. The molecule has 0 heterocycles. The van der Waals surface area contributed by atoms with Gasteiger partial charge < -0.3 is 4.90 Å². The van der Waals surface area contributed by atoms with Crippen LogP contribution in [0.4, 0.5) is 14.5 Å². The Morgan fingerprint density at radius 3 is 1.79 bits per heavy atom. The van der Waals surface area contributed by atoms with E-state index < -0.39 is 37.1 Å². The van der Waals surface area contributed by atoms with Gasteiger partial charge in [0.15, 0.2) is 0 Å². The van der Waals surface area contributed by atoms with Gasteiger partial charge in [0, 0.05) is 16.0 Å². The van der Waals surface area contributed by atoms with E-state index in [0.717, 1.165) is 0 Å². The van der Waals surface area contributed by atoms with E-state index in [1.807, 2.05) is 46.5 Å². The molecule has 0 saturated carbocycles. The Morgan fingerprint density at radius 1 is 1.00 bits per heavy atom. The normalized spacial score (nSPS) is 15.1. The molecule has 0 aromatic heterocycles. The fraction of sp³-hybridized carbons (Fsp3) is 0.696. The highest BCUT2D eigenvalue weighted by atomic mass is 32.3. The second-order valence-electron chi connectivity index (χ2n) is 10.3. The largest absolute Gasteiger partial charge is 0.316 e. The summed E-state index contributed by atoms with van der Waals surface area (Å²) in [4.78, 5) is 13.8. The molecule has 168 valence electrons. The van der Waals surface area contributed by atoms with E-state index in [1.165, 1.54) is 4.90 Å². The third kappa shape index (κ3) is 4.89. The Morgan fingerprint density at radius 2 is 1.45 bits per heavy atom. The zero-order valence-corrected chi connectivity index (χ0v) is 20.3. The SMILES string of the molecule is CCC(CC)(C(C)(C)CC(C)(C)N(C(=O)C(F)F)c1ccccc1)S(C)(C)(C)=O. The fourth-order valence-electron chi connectivity index (χ4n) is 5.90. The van der Waals surface area contributed by atoms with Crippen molar-refractivity contribution in [3.05, 3.63) is 30.3 Å². The third-order valence-electron chi connectivity index (χ3n) is 6.61. The Hall–Kier alpha value is -1.30. The first kappa shape index (κ1) is 25.7. The number of halogens is 2. The van der Waals surface area contributed by atoms with Crippen LogP contribution >= 0.6 is 0 Å². The Labute approximate surface area is 175 Å². The Bertz CT molecular complexity index is 766. The van der Waals surface area contributed by atoms with Gasteiger partial charge in [0.05, 0.1) is 0 Å². The van der Waals surface area contributed by atoms with Crippen molar-refractivity contribution in [3.8, 4) is 0 Å². The molecule has 0 bridgehead atoms. The quantitative estimate of drug-likeness (QED) is 0.499. The van der Waals surface area contributed by atoms with Gasteiger partial charge in [-0.25, -0.2) is 0 Å². The molecule has 0 saturated heterocycles. The lowest BCUT2D eigenvalue weighted by molar-refractivity contribution is -0.130. The minimum absolute atomic E-state index is 0.430. The van der Waals surface area contributed by atoms with Crippen molar-refractivity contribution in [3.63, 3.8) is 0 Å². The summed E-state index contributed by atoms with van der Waals surface area (Å²) in [7, 11) is -3.04. The van der Waals surface area contributed by atoms with Crippen LogP contribution in [-0.2, 0) is 13.9 Å². The number of nitrogens with zero attached hydrogens (tertiary/aromatic N) is 1. The molecule has 0 aliphatic carbocycles. The smallest absolute Gasteiger partial charge is 0.302 e. The predicted molar refractivity (Wildman–Crippen MR) is 122 cm³/mol. The zero-order chi connectivity index (χ0) is 22.9. The molecular formula is C23H39F2NO2S. The summed E-state index contributed by atoms with van der Waals surface area (Å²) in [5.74, 6) is -1.21. The minimum atomic E-state index is -3.10. The maximum atomic E-state index is 13.9. The number of hydrogen-bond acceptors (Lipinski definition) is 2. The van der Waals surface area contributed by atoms with E-state index in [4.69, 9.17) is 0 Å². The molecule has 1 rings (SSSR count). The Kier molecular flexibility index (Phi) is 7.18. The molecule has 0 fully saturated rings. The summed E-state index contributed by atoms with van der Waals surface area (Å²) in [6.45, 7) is 11.8. The molecule has 3 nitrogen and oxygen atoms in total. The van der Waals surface area contributed by atoms with E-state index in [2.05, 4.69) is 13.8 Å². The fourth-order valence-corrected chi connectivity index (χ4v) is 9.83. The number of para-hydroxylation sites is 1. The average molecular weight is 432 g/mol. The highest BCUT2D eigenvalue weighted by molar-refractivity contribution is 8.19. The van der Waals surface area contributed by atoms with Crippen molar-refractivity contribution >= 4 is 20.7 Å². The molecular weight excluding hydrogens is 392 g/mol. The van der Waals surface area contributed by atoms with Crippen LogP contribution in [0.25, 0.3) is 0 Å². The molecule has 6 heteroatoms. The third-order valence-corrected chi connectivity index (χ3v) is 10.4. The van der Waals surface area contributed by atoms with Gasteiger partial charge in [-0.15, -0.1) is 0 Å². The van der Waals surface area contributed by atoms with Gasteiger partial charge in [0.1, 0.15) is 0 Å². The monoisotopic (exact) mass is 431 g/mol. The molecule has 1 aromatic rings. The number of carbonyl (C=O) groups excluding carboxylic acids is 1. The number of hydrogen-bond donors (Lipinski definition) is 0. The number of anilines is 1. The maximum absolute atomic E-state index is 13.9. The van der Waals surface area contributed by atoms with E-state index in [9.17, 15) is 17.8 Å². The van der Waals surface area contributed by atoms with Crippen molar-refractivity contribution in [1.29, 1.82) is 0 Å². The molecule has 0 radical (unpaired) electrons. The summed E-state index contributed by atoms with van der Waals surface area (Å²) in [6, 6.07) is 8.60. The van der Waals surface area contributed by atoms with Gasteiger partial charge in [0.25, 0.3) is 5.91 Å². The molecule has 0 aliphatic rings. The number of rotatable bonds is 9. The van der Waals surface area contributed by atoms with Crippen molar-refractivity contribution < 1.29 is 17.8 Å². The summed E-state index contributed by atoms with van der Waals surface area (Å²) < 4.78 is 40.4. The zero-order valence-electron chi connectivity index (χ0n) is 19.5. The van der Waals surface area contributed by atoms with Crippen LogP contribution in [0.5, 0.6) is 0 Å². The lowest BCUT2D eigenvalue weighted by Gasteiger charge is -2.60. The number of amides is 1. The first-order chi connectivity index (χ1) is 12.9. The van der Waals surface area contributed by atoms with Gasteiger partial charge in [-0.2, -0.15) is 8.78 Å². The van der Waals surface area contributed by atoms with Crippen LogP contribution in [0.15, 0.2) is 30.3 Å². The lowest BCUT2D eigenvalue weighted by atomic mass is 9.68. The molecule has 29 heavy (non-hydrogen) atoms. The van der Waals surface area contributed by atoms with E-state index in [-0.39, 0.29) is 0 Å². The summed E-state index contributed by atoms with van der Waals surface area (Å²) in [5.41, 5.74) is -0.935. The first-order valence-electron chi connectivity index (χ1n) is 10.2. The van der Waals surface area contributed by atoms with Gasteiger partial charge in [-0.05, 0) is 69.4 Å². The van der Waals surface area contributed by atoms with Gasteiger partial charge in [0.2, 0.25) is 0 Å². The predicted octanol–water partition coefficient (Wildman–Crippen LogP) is 5.75. The lowest BCUT2D eigenvalue weighted by Crippen LogP contribution is -2.64. The molecule has 0 unspecified atom stereocenters. The minimum Gasteiger partial charge on any atom is -0.302 e. The highest BCUT2D eigenvalue weighted by Crippen LogP contribution is 2.54. The standard InChI is InChI=1S/C23H39F2NO2S/c1-10-23(11-2,29(7,8,9)28)21(3,4)17-22(5,6)26(20(27)19(24)25)18-15-13-12-14-16-18/h12-16,19H,10-11,17H2,1-9H3. The molecule has 0 N–H and O–H groups in total. The van der Waals surface area contributed by atoms with Gasteiger partial charge >= 0.3 is 6.43 Å².